The Morgan fingerprint density at radius 2 is 1.47 bits per heavy atom. The van der Waals surface area contributed by atoms with Crippen LogP contribution in [0.1, 0.15) is 36.1 Å². The number of halogens is 6. The Morgan fingerprint density at radius 1 is 0.936 bits per heavy atom. The predicted octanol–water partition coefficient (Wildman–Crippen LogP) is 5.66. The summed E-state index contributed by atoms with van der Waals surface area (Å²) in [4.78, 5) is 49.5. The third-order valence-electron chi connectivity index (χ3n) is 8.53. The van der Waals surface area contributed by atoms with Crippen molar-refractivity contribution in [2.75, 3.05) is 56.8 Å². The van der Waals surface area contributed by atoms with E-state index in [1.807, 2.05) is 37.1 Å². The van der Waals surface area contributed by atoms with E-state index in [-0.39, 0.29) is 12.8 Å². The van der Waals surface area contributed by atoms with Crippen molar-refractivity contribution < 1.29 is 54.8 Å². The molecule has 0 unspecified atom stereocenters. The van der Waals surface area contributed by atoms with Gasteiger partial charge in [0.25, 0.3) is 0 Å². The van der Waals surface area contributed by atoms with Crippen LogP contribution in [0.2, 0.25) is 0 Å². The number of amides is 1. The molecule has 0 atom stereocenters. The second kappa shape index (κ2) is 12.9. The second-order valence-corrected chi connectivity index (χ2v) is 14.0. The van der Waals surface area contributed by atoms with Crippen LogP contribution in [-0.2, 0) is 27.1 Å². The van der Waals surface area contributed by atoms with Crippen molar-refractivity contribution in [3.63, 3.8) is 0 Å². The average Bonchev–Trinajstić information content (AvgIpc) is 2.98. The number of carbonyl (C=O) groups excluding carboxylic acids is 1. The van der Waals surface area contributed by atoms with E-state index in [0.29, 0.717) is 59.9 Å². The number of pyridine rings is 1. The third kappa shape index (κ3) is 8.40. The molecule has 3 aromatic rings. The number of piperazine rings is 1. The van der Waals surface area contributed by atoms with Gasteiger partial charge in [0.15, 0.2) is 0 Å². The smallest absolute Gasteiger partial charge is 0.274 e. The van der Waals surface area contributed by atoms with Crippen LogP contribution >= 0.6 is 8.17 Å². The van der Waals surface area contributed by atoms with Gasteiger partial charge in [0.05, 0.1) is 16.5 Å². The molecule has 1 saturated heterocycles. The molecular weight excluding hydrogens is 653 g/mol. The fraction of sp³-hybridized carbons (Fsp3) is 0.419. The van der Waals surface area contributed by atoms with Gasteiger partial charge < -0.3 is 0 Å². The fourth-order valence-electron chi connectivity index (χ4n) is 5.48. The van der Waals surface area contributed by atoms with Gasteiger partial charge in [-0.2, -0.15) is 26.3 Å². The van der Waals surface area contributed by atoms with Crippen LogP contribution in [0.4, 0.5) is 37.8 Å². The number of likely N-dealkylation sites (N-methyl/N-ethyl adjacent to an activating group) is 2. The van der Waals surface area contributed by atoms with Crippen LogP contribution in [0.5, 0.6) is 0 Å². The normalized spacial score (nSPS) is 16.3. The standard InChI is InChI=1S/C31H38F6N4O5P/c1-20-8-6-7-9-24(20)25-17-27(40-10-12-41(5,13-11-40)19-46-47(43,44)45)38-18-26(25)39(4)28(42)29(2,3)21-14-22(30(32,33)34)16-23(15-21)31(35,36)37/h6-9,14-18,43-45,47H,10-13,19H2,1-5H3/q+1. The Hall–Kier alpha value is -3.33. The maximum atomic E-state index is 14.0. The molecule has 1 amide bonds. The molecule has 258 valence electrons. The molecule has 1 aromatic heterocycles. The van der Waals surface area contributed by atoms with E-state index in [1.54, 1.807) is 12.1 Å². The van der Waals surface area contributed by atoms with E-state index in [1.165, 1.54) is 32.0 Å². The number of hydrogen-bond donors (Lipinski definition) is 3. The number of aryl methyl sites for hydroxylation is 1. The van der Waals surface area contributed by atoms with Crippen LogP contribution < -0.4 is 9.80 Å². The summed E-state index contributed by atoms with van der Waals surface area (Å²) in [5, 5.41) is 0. The molecule has 4 rings (SSSR count). The summed E-state index contributed by atoms with van der Waals surface area (Å²) in [5.74, 6) is -0.196. The molecule has 0 bridgehead atoms. The summed E-state index contributed by atoms with van der Waals surface area (Å²) >= 11 is 0. The molecule has 9 nitrogen and oxygen atoms in total. The van der Waals surface area contributed by atoms with E-state index >= 15 is 0 Å². The minimum absolute atomic E-state index is 0.0303. The van der Waals surface area contributed by atoms with Gasteiger partial charge in [-0.15, -0.1) is 0 Å². The summed E-state index contributed by atoms with van der Waals surface area (Å²) in [6.45, 7) is 6.30. The van der Waals surface area contributed by atoms with Gasteiger partial charge in [0, 0.05) is 0 Å². The van der Waals surface area contributed by atoms with Crippen LogP contribution in [0.3, 0.4) is 0 Å². The first kappa shape index (κ1) is 36.5. The maximum absolute atomic E-state index is 14.0. The van der Waals surface area contributed by atoms with Gasteiger partial charge >= 0.3 is 177 Å². The second-order valence-electron chi connectivity index (χ2n) is 12.6. The number of rotatable bonds is 8. The van der Waals surface area contributed by atoms with E-state index < -0.39 is 48.5 Å². The van der Waals surface area contributed by atoms with Crippen LogP contribution in [0.25, 0.3) is 11.1 Å². The number of aromatic nitrogens is 1. The van der Waals surface area contributed by atoms with Gasteiger partial charge in [0.2, 0.25) is 0 Å². The first-order valence-electron chi connectivity index (χ1n) is 14.6. The molecule has 0 spiro atoms. The monoisotopic (exact) mass is 691 g/mol. The summed E-state index contributed by atoms with van der Waals surface area (Å²) < 4.78 is 87.0. The molecule has 2 heterocycles. The Kier molecular flexibility index (Phi) is 10.1. The Labute approximate surface area is 268 Å². The van der Waals surface area contributed by atoms with Crippen molar-refractivity contribution >= 4 is 25.6 Å². The Bertz CT molecular complexity index is 1590. The van der Waals surface area contributed by atoms with Crippen LogP contribution in [-0.4, -0.2) is 77.1 Å². The molecule has 3 N–H and O–H groups in total. The number of quaternary nitrogens is 1. The van der Waals surface area contributed by atoms with Crippen molar-refractivity contribution in [1.29, 1.82) is 0 Å². The van der Waals surface area contributed by atoms with Crippen molar-refractivity contribution in [3.8, 4) is 11.1 Å². The van der Waals surface area contributed by atoms with Crippen molar-refractivity contribution in [2.24, 2.45) is 0 Å². The number of hydrogen-bond acceptors (Lipinski definition) is 7. The minimum atomic E-state index is -5.07. The van der Waals surface area contributed by atoms with E-state index in [9.17, 15) is 45.8 Å². The fourth-order valence-corrected chi connectivity index (χ4v) is 5.97. The molecule has 16 heteroatoms. The number of anilines is 2. The number of benzene rings is 2. The molecule has 1 aliphatic rings. The zero-order valence-electron chi connectivity index (χ0n) is 26.4. The van der Waals surface area contributed by atoms with Gasteiger partial charge in [-0.25, -0.2) is 0 Å². The van der Waals surface area contributed by atoms with Crippen molar-refractivity contribution in [1.82, 2.24) is 4.98 Å². The number of carbonyl (C=O) groups is 1. The number of nitrogens with zero attached hydrogens (tertiary/aromatic N) is 4. The van der Waals surface area contributed by atoms with E-state index in [0.717, 1.165) is 11.1 Å². The molecule has 0 radical (unpaired) electrons. The van der Waals surface area contributed by atoms with E-state index in [4.69, 9.17) is 4.52 Å². The van der Waals surface area contributed by atoms with Crippen LogP contribution in [0.15, 0.2) is 54.7 Å². The minimum Gasteiger partial charge on any atom is -0.274 e. The SMILES string of the molecule is Cc1ccccc1-c1cc(N2CC[N+](C)(CO[PH](O)(O)O)CC2)ncc1N(C)C(=O)C(C)(C)c1cc(C(F)(F)F)cc(C(F)(F)F)c1. The van der Waals surface area contributed by atoms with Crippen molar-refractivity contribution in [2.45, 2.75) is 38.5 Å². The summed E-state index contributed by atoms with van der Waals surface area (Å²) in [7, 11) is -1.43. The van der Waals surface area contributed by atoms with Gasteiger partial charge in [0.1, 0.15) is 0 Å². The summed E-state index contributed by atoms with van der Waals surface area (Å²) in [6, 6.07) is 10.3. The van der Waals surface area contributed by atoms with Gasteiger partial charge in [-0.3, -0.25) is 4.79 Å². The summed E-state index contributed by atoms with van der Waals surface area (Å²) in [6.07, 6.45) is -8.69. The Balaban J connectivity index is 1.71. The average molecular weight is 692 g/mol. The topological polar surface area (TPSA) is 106 Å². The predicted molar refractivity (Wildman–Crippen MR) is 166 cm³/mol. The molecule has 1 fully saturated rings. The van der Waals surface area contributed by atoms with Crippen molar-refractivity contribution in [3.05, 3.63) is 77.0 Å². The first-order valence-corrected chi connectivity index (χ1v) is 16.3. The molecule has 0 saturated carbocycles. The quantitative estimate of drug-likeness (QED) is 0.159. The summed E-state index contributed by atoms with van der Waals surface area (Å²) in [5.41, 5.74) is -2.82. The molecule has 47 heavy (non-hydrogen) atoms. The first-order chi connectivity index (χ1) is 21.5. The molecule has 2 aromatic carbocycles. The number of alkyl halides is 6. The molecular formula is C31H38F6N4O5P+. The van der Waals surface area contributed by atoms with Crippen LogP contribution in [0, 0.1) is 6.92 Å². The third-order valence-corrected chi connectivity index (χ3v) is 9.04. The van der Waals surface area contributed by atoms with E-state index in [2.05, 4.69) is 4.98 Å². The van der Waals surface area contributed by atoms with Gasteiger partial charge in [-0.05, 0) is 37.6 Å². The zero-order valence-corrected chi connectivity index (χ0v) is 27.4. The Morgan fingerprint density at radius 3 is 1.98 bits per heavy atom. The molecule has 0 aliphatic carbocycles. The zero-order chi connectivity index (χ0) is 35.2. The van der Waals surface area contributed by atoms with Gasteiger partial charge in [-0.1, -0.05) is 6.07 Å². The molecule has 1 aliphatic heterocycles.